The second kappa shape index (κ2) is 5.30. The fourth-order valence-corrected chi connectivity index (χ4v) is 2.31. The molecule has 0 aliphatic heterocycles. The van der Waals surface area contributed by atoms with E-state index >= 15 is 0 Å². The fraction of sp³-hybridized carbons (Fsp3) is 0.333. The van der Waals surface area contributed by atoms with Crippen LogP contribution in [0.5, 0.6) is 0 Å². The number of nitrogens with two attached hydrogens (primary N) is 1. The molecule has 0 radical (unpaired) electrons. The van der Waals surface area contributed by atoms with Crippen LogP contribution in [0.15, 0.2) is 18.7 Å². The van der Waals surface area contributed by atoms with Crippen LogP contribution in [0.3, 0.4) is 0 Å². The summed E-state index contributed by atoms with van der Waals surface area (Å²) in [5.41, 5.74) is 7.37. The van der Waals surface area contributed by atoms with Crippen LogP contribution in [0.25, 0.3) is 16.9 Å². The van der Waals surface area contributed by atoms with Crippen LogP contribution in [-0.2, 0) is 4.74 Å². The van der Waals surface area contributed by atoms with Gasteiger partial charge in [-0.3, -0.25) is 0 Å². The first-order valence-electron chi connectivity index (χ1n) is 6.42. The molecule has 3 heterocycles. The molecule has 0 saturated heterocycles. The largest absolute Gasteiger partial charge is 0.366 e. The predicted octanol–water partition coefficient (Wildman–Crippen LogP) is 1.78. The Kier molecular flexibility index (Phi) is 3.48. The van der Waals surface area contributed by atoms with E-state index in [2.05, 4.69) is 20.2 Å². The second-order valence-electron chi connectivity index (χ2n) is 4.41. The molecule has 110 valence electrons. The summed E-state index contributed by atoms with van der Waals surface area (Å²) in [5, 5.41) is 8.61. The molecule has 8 nitrogen and oxygen atoms in total. The van der Waals surface area contributed by atoms with Crippen LogP contribution < -0.4 is 5.73 Å². The minimum Gasteiger partial charge on any atom is -0.366 e. The van der Waals surface area contributed by atoms with E-state index in [4.69, 9.17) is 22.1 Å². The molecule has 0 spiro atoms. The molecule has 0 aliphatic carbocycles. The molecule has 3 aromatic heterocycles. The Balaban J connectivity index is 2.02. The third-order valence-electron chi connectivity index (χ3n) is 3.00. The third kappa shape index (κ3) is 2.43. The summed E-state index contributed by atoms with van der Waals surface area (Å²) < 4.78 is 8.63. The van der Waals surface area contributed by atoms with Gasteiger partial charge >= 0.3 is 0 Å². The standard InChI is InChI=1S/C12H14ClN7O/c1-3-21-7(2)19-5-8(4-16-19)10-9(13)11-17-12(14)18-20(11)6-15-10/h4-7H,3H2,1-2H3,(H2,14,18). The maximum absolute atomic E-state index is 6.33. The number of nitrogens with zero attached hydrogens (tertiary/aromatic N) is 6. The van der Waals surface area contributed by atoms with Crippen molar-refractivity contribution < 1.29 is 4.74 Å². The maximum Gasteiger partial charge on any atom is 0.240 e. The molecule has 0 aliphatic rings. The maximum atomic E-state index is 6.33. The highest BCUT2D eigenvalue weighted by atomic mass is 35.5. The van der Waals surface area contributed by atoms with Gasteiger partial charge < -0.3 is 10.5 Å². The first-order valence-corrected chi connectivity index (χ1v) is 6.80. The summed E-state index contributed by atoms with van der Waals surface area (Å²) in [5.74, 6) is 0.150. The van der Waals surface area contributed by atoms with E-state index in [9.17, 15) is 0 Å². The van der Waals surface area contributed by atoms with Crippen molar-refractivity contribution in [2.75, 3.05) is 12.3 Å². The van der Waals surface area contributed by atoms with Crippen LogP contribution in [0.2, 0.25) is 5.02 Å². The Morgan fingerprint density at radius 1 is 1.48 bits per heavy atom. The number of hydrogen-bond acceptors (Lipinski definition) is 6. The van der Waals surface area contributed by atoms with Crippen molar-refractivity contribution in [2.45, 2.75) is 20.1 Å². The van der Waals surface area contributed by atoms with Crippen molar-refractivity contribution >= 4 is 23.2 Å². The van der Waals surface area contributed by atoms with Crippen molar-refractivity contribution in [1.29, 1.82) is 0 Å². The van der Waals surface area contributed by atoms with Gasteiger partial charge in [-0.25, -0.2) is 9.67 Å². The molecule has 0 amide bonds. The van der Waals surface area contributed by atoms with Crippen molar-refractivity contribution in [3.05, 3.63) is 23.7 Å². The van der Waals surface area contributed by atoms with Gasteiger partial charge in [0, 0.05) is 18.4 Å². The monoisotopic (exact) mass is 307 g/mol. The average Bonchev–Trinajstić information content (AvgIpc) is 3.06. The average molecular weight is 308 g/mol. The molecule has 3 rings (SSSR count). The number of anilines is 1. The topological polar surface area (TPSA) is 96.2 Å². The van der Waals surface area contributed by atoms with Gasteiger partial charge in [0.25, 0.3) is 0 Å². The lowest BCUT2D eigenvalue weighted by atomic mass is 10.2. The molecular weight excluding hydrogens is 294 g/mol. The van der Waals surface area contributed by atoms with Gasteiger partial charge in [-0.1, -0.05) is 11.6 Å². The Morgan fingerprint density at radius 3 is 3.05 bits per heavy atom. The van der Waals surface area contributed by atoms with E-state index in [-0.39, 0.29) is 12.2 Å². The lowest BCUT2D eigenvalue weighted by Crippen LogP contribution is -2.09. The number of aromatic nitrogens is 6. The van der Waals surface area contributed by atoms with E-state index in [1.165, 1.54) is 10.8 Å². The minimum atomic E-state index is -0.157. The van der Waals surface area contributed by atoms with Gasteiger partial charge in [0.1, 0.15) is 17.6 Å². The SMILES string of the molecule is CCOC(C)n1cc(-c2ncn3nc(N)nc3c2Cl)cn1. The molecule has 21 heavy (non-hydrogen) atoms. The van der Waals surface area contributed by atoms with Crippen LogP contribution in [0.4, 0.5) is 5.95 Å². The van der Waals surface area contributed by atoms with Crippen LogP contribution in [0, 0.1) is 0 Å². The third-order valence-corrected chi connectivity index (χ3v) is 3.35. The van der Waals surface area contributed by atoms with E-state index in [1.807, 2.05) is 20.0 Å². The van der Waals surface area contributed by atoms with Crippen LogP contribution >= 0.6 is 11.6 Å². The first-order chi connectivity index (χ1) is 10.1. The van der Waals surface area contributed by atoms with Gasteiger partial charge in [0.15, 0.2) is 5.65 Å². The van der Waals surface area contributed by atoms with Crippen LogP contribution in [0.1, 0.15) is 20.1 Å². The molecule has 0 bridgehead atoms. The summed E-state index contributed by atoms with van der Waals surface area (Å²) in [7, 11) is 0. The quantitative estimate of drug-likeness (QED) is 0.789. The molecule has 0 fully saturated rings. The first kappa shape index (κ1) is 13.8. The Labute approximate surface area is 125 Å². The number of halogens is 1. The zero-order valence-corrected chi connectivity index (χ0v) is 12.3. The van der Waals surface area contributed by atoms with Crippen molar-refractivity contribution in [3.8, 4) is 11.3 Å². The summed E-state index contributed by atoms with van der Waals surface area (Å²) in [6, 6.07) is 0. The molecule has 9 heteroatoms. The lowest BCUT2D eigenvalue weighted by molar-refractivity contribution is 0.0160. The lowest BCUT2D eigenvalue weighted by Gasteiger charge is -2.11. The molecule has 0 saturated carbocycles. The number of fused-ring (bicyclic) bond motifs is 1. The fourth-order valence-electron chi connectivity index (χ4n) is 2.02. The zero-order valence-electron chi connectivity index (χ0n) is 11.6. The molecular formula is C12H14ClN7O. The summed E-state index contributed by atoms with van der Waals surface area (Å²) in [6.45, 7) is 4.46. The van der Waals surface area contributed by atoms with Crippen molar-refractivity contribution in [1.82, 2.24) is 29.4 Å². The highest BCUT2D eigenvalue weighted by Crippen LogP contribution is 2.28. The summed E-state index contributed by atoms with van der Waals surface area (Å²) in [4.78, 5) is 8.36. The van der Waals surface area contributed by atoms with Gasteiger partial charge in [0.05, 0.1) is 11.9 Å². The van der Waals surface area contributed by atoms with Gasteiger partial charge in [-0.15, -0.1) is 5.10 Å². The Morgan fingerprint density at radius 2 is 2.29 bits per heavy atom. The second-order valence-corrected chi connectivity index (χ2v) is 4.79. The van der Waals surface area contributed by atoms with Crippen molar-refractivity contribution in [2.24, 2.45) is 0 Å². The van der Waals surface area contributed by atoms with E-state index < -0.39 is 0 Å². The molecule has 1 unspecified atom stereocenters. The van der Waals surface area contributed by atoms with Gasteiger partial charge in [-0.05, 0) is 13.8 Å². The normalized spacial score (nSPS) is 12.9. The Hall–Kier alpha value is -2.19. The molecule has 0 aromatic carbocycles. The van der Waals surface area contributed by atoms with E-state index in [0.717, 1.165) is 5.56 Å². The predicted molar refractivity (Wildman–Crippen MR) is 77.8 cm³/mol. The molecule has 2 N–H and O–H groups in total. The highest BCUT2D eigenvalue weighted by Gasteiger charge is 2.15. The molecule has 3 aromatic rings. The number of ether oxygens (including phenoxy) is 1. The van der Waals surface area contributed by atoms with Gasteiger partial charge in [0.2, 0.25) is 5.95 Å². The van der Waals surface area contributed by atoms with E-state index in [0.29, 0.717) is 23.0 Å². The minimum absolute atomic E-state index is 0.150. The number of hydrogen-bond donors (Lipinski definition) is 1. The summed E-state index contributed by atoms with van der Waals surface area (Å²) in [6.07, 6.45) is 4.86. The number of nitrogen functional groups attached to an aromatic ring is 1. The highest BCUT2D eigenvalue weighted by molar-refractivity contribution is 6.35. The van der Waals surface area contributed by atoms with E-state index in [1.54, 1.807) is 10.9 Å². The zero-order chi connectivity index (χ0) is 15.0. The van der Waals surface area contributed by atoms with Gasteiger partial charge in [-0.2, -0.15) is 14.6 Å². The van der Waals surface area contributed by atoms with Crippen LogP contribution in [-0.4, -0.2) is 36.0 Å². The Bertz CT molecular complexity index is 781. The smallest absolute Gasteiger partial charge is 0.240 e. The molecule has 1 atom stereocenters. The summed E-state index contributed by atoms with van der Waals surface area (Å²) >= 11 is 6.33. The van der Waals surface area contributed by atoms with Crippen molar-refractivity contribution in [3.63, 3.8) is 0 Å². The number of rotatable bonds is 4.